The summed E-state index contributed by atoms with van der Waals surface area (Å²) in [5, 5.41) is 0. The Hall–Kier alpha value is -3.76. The van der Waals surface area contributed by atoms with Crippen molar-refractivity contribution in [2.75, 3.05) is 18.0 Å². The van der Waals surface area contributed by atoms with Crippen molar-refractivity contribution in [2.45, 2.75) is 24.7 Å². The van der Waals surface area contributed by atoms with Gasteiger partial charge < -0.3 is 9.80 Å². The molecule has 2 aliphatic rings. The molecule has 0 N–H and O–H groups in total. The summed E-state index contributed by atoms with van der Waals surface area (Å²) in [6, 6.07) is 7.19. The van der Waals surface area contributed by atoms with Crippen molar-refractivity contribution >= 4 is 11.9 Å². The molecule has 0 spiro atoms. The lowest BCUT2D eigenvalue weighted by atomic mass is 10.1. The molecule has 5 rings (SSSR count). The second kappa shape index (κ2) is 7.68. The quantitative estimate of drug-likeness (QED) is 0.602. The first kappa shape index (κ1) is 21.1. The van der Waals surface area contributed by atoms with E-state index < -0.39 is 11.7 Å². The summed E-state index contributed by atoms with van der Waals surface area (Å²) in [4.78, 5) is 41.9. The van der Waals surface area contributed by atoms with Gasteiger partial charge >= 0.3 is 6.18 Å². The molecule has 2 atom stereocenters. The van der Waals surface area contributed by atoms with Crippen LogP contribution >= 0.6 is 0 Å². The minimum atomic E-state index is -4.45. The van der Waals surface area contributed by atoms with Crippen LogP contribution < -0.4 is 10.5 Å². The Kier molecular flexibility index (Phi) is 4.91. The van der Waals surface area contributed by atoms with E-state index in [1.165, 1.54) is 29.1 Å². The molecule has 2 aromatic heterocycles. The highest BCUT2D eigenvalue weighted by molar-refractivity contribution is 5.95. The van der Waals surface area contributed by atoms with Crippen molar-refractivity contribution < 1.29 is 18.0 Å². The molecule has 0 saturated carbocycles. The van der Waals surface area contributed by atoms with Crippen LogP contribution in [0.3, 0.4) is 0 Å². The maximum absolute atomic E-state index is 12.9. The van der Waals surface area contributed by atoms with Gasteiger partial charge in [-0.15, -0.1) is 0 Å². The number of piperazine rings is 1. The van der Waals surface area contributed by atoms with Crippen molar-refractivity contribution in [3.8, 4) is 11.4 Å². The minimum Gasteiger partial charge on any atom is -0.335 e. The molecule has 0 aliphatic carbocycles. The Morgan fingerprint density at radius 3 is 2.42 bits per heavy atom. The standard InChI is InChI=1S/C22H19F3N6O2/c1-29-19(32)9-18(17-6-7-26-12-27-17)28-21(29)31-11-15-8-16(31)10-30(15)20(33)13-2-4-14(5-3-13)22(23,24)25/h2-7,9,12,15-16H,8,10-11H2,1H3. The molecular formula is C22H19F3N6O2. The van der Waals surface area contributed by atoms with Gasteiger partial charge in [-0.3, -0.25) is 14.2 Å². The van der Waals surface area contributed by atoms with Crippen molar-refractivity contribution in [1.29, 1.82) is 0 Å². The number of benzene rings is 1. The highest BCUT2D eigenvalue weighted by atomic mass is 19.4. The van der Waals surface area contributed by atoms with Gasteiger partial charge in [0, 0.05) is 38.0 Å². The maximum Gasteiger partial charge on any atom is 0.416 e. The molecule has 4 heterocycles. The third-order valence-corrected chi connectivity index (χ3v) is 6.17. The Morgan fingerprint density at radius 1 is 1.06 bits per heavy atom. The molecule has 8 nitrogen and oxygen atoms in total. The molecule has 2 bridgehead atoms. The van der Waals surface area contributed by atoms with Crippen LogP contribution in [0.4, 0.5) is 19.1 Å². The number of hydrogen-bond acceptors (Lipinski definition) is 6. The average molecular weight is 456 g/mol. The van der Waals surface area contributed by atoms with Crippen molar-refractivity contribution in [3.05, 3.63) is 70.4 Å². The number of halogens is 3. The predicted octanol–water partition coefficient (Wildman–Crippen LogP) is 2.36. The summed E-state index contributed by atoms with van der Waals surface area (Å²) in [6.45, 7) is 0.878. The summed E-state index contributed by atoms with van der Waals surface area (Å²) in [5.41, 5.74) is 0.180. The Labute approximate surface area is 186 Å². The molecule has 2 unspecified atom stereocenters. The highest BCUT2D eigenvalue weighted by Gasteiger charge is 2.46. The van der Waals surface area contributed by atoms with Crippen molar-refractivity contribution in [2.24, 2.45) is 7.05 Å². The molecule has 2 saturated heterocycles. The molecule has 170 valence electrons. The molecule has 1 aromatic carbocycles. The number of anilines is 1. The number of carbonyl (C=O) groups excluding carboxylic acids is 1. The van der Waals surface area contributed by atoms with Gasteiger partial charge in [0.05, 0.1) is 29.0 Å². The monoisotopic (exact) mass is 456 g/mol. The van der Waals surface area contributed by atoms with Gasteiger partial charge in [-0.25, -0.2) is 15.0 Å². The summed E-state index contributed by atoms with van der Waals surface area (Å²) in [5.74, 6) is 0.192. The number of rotatable bonds is 3. The fraction of sp³-hybridized carbons (Fsp3) is 0.318. The van der Waals surface area contributed by atoms with E-state index in [4.69, 9.17) is 0 Å². The summed E-state index contributed by atoms with van der Waals surface area (Å²) in [6.07, 6.45) is -0.793. The van der Waals surface area contributed by atoms with Crippen LogP contribution in [-0.4, -0.2) is 55.5 Å². The number of nitrogens with zero attached hydrogens (tertiary/aromatic N) is 6. The zero-order valence-electron chi connectivity index (χ0n) is 17.5. The van der Waals surface area contributed by atoms with Crippen LogP contribution in [0, 0.1) is 0 Å². The molecule has 33 heavy (non-hydrogen) atoms. The first-order chi connectivity index (χ1) is 15.7. The number of likely N-dealkylation sites (tertiary alicyclic amines) is 1. The SMILES string of the molecule is Cn1c(N2CC3CC2CN3C(=O)c2ccc(C(F)(F)F)cc2)nc(-c2ccncn2)cc1=O. The fourth-order valence-corrected chi connectivity index (χ4v) is 4.49. The Morgan fingerprint density at radius 2 is 1.82 bits per heavy atom. The van der Waals surface area contributed by atoms with Crippen LogP contribution in [0.5, 0.6) is 0 Å². The smallest absolute Gasteiger partial charge is 0.335 e. The second-order valence-electron chi connectivity index (χ2n) is 8.16. The van der Waals surface area contributed by atoms with E-state index in [0.29, 0.717) is 36.8 Å². The van der Waals surface area contributed by atoms with Crippen molar-refractivity contribution in [1.82, 2.24) is 24.4 Å². The normalized spacial score (nSPS) is 19.9. The number of carbonyl (C=O) groups is 1. The Bertz CT molecular complexity index is 1260. The summed E-state index contributed by atoms with van der Waals surface area (Å²) >= 11 is 0. The number of amides is 1. The van der Waals surface area contributed by atoms with Crippen LogP contribution in [0.1, 0.15) is 22.3 Å². The van der Waals surface area contributed by atoms with Gasteiger partial charge in [-0.1, -0.05) is 0 Å². The molecule has 11 heteroatoms. The fourth-order valence-electron chi connectivity index (χ4n) is 4.49. The number of fused-ring (bicyclic) bond motifs is 2. The maximum atomic E-state index is 12.9. The van der Waals surface area contributed by atoms with Crippen LogP contribution in [-0.2, 0) is 13.2 Å². The molecule has 3 aromatic rings. The summed E-state index contributed by atoms with van der Waals surface area (Å²) in [7, 11) is 1.64. The van der Waals surface area contributed by atoms with Crippen LogP contribution in [0.15, 0.2) is 53.7 Å². The largest absolute Gasteiger partial charge is 0.416 e. The van der Waals surface area contributed by atoms with E-state index in [9.17, 15) is 22.8 Å². The molecule has 2 aliphatic heterocycles. The lowest BCUT2D eigenvalue weighted by Crippen LogP contribution is -2.50. The Balaban J connectivity index is 1.37. The third kappa shape index (κ3) is 3.73. The van der Waals surface area contributed by atoms with Crippen LogP contribution in [0.25, 0.3) is 11.4 Å². The van der Waals surface area contributed by atoms with Gasteiger partial charge in [-0.05, 0) is 36.8 Å². The van der Waals surface area contributed by atoms with Gasteiger partial charge in [0.1, 0.15) is 6.33 Å². The number of hydrogen-bond donors (Lipinski definition) is 0. The van der Waals surface area contributed by atoms with Gasteiger partial charge in [0.15, 0.2) is 0 Å². The molecular weight excluding hydrogens is 437 g/mol. The predicted molar refractivity (Wildman–Crippen MR) is 113 cm³/mol. The number of alkyl halides is 3. The molecule has 2 fully saturated rings. The van der Waals surface area contributed by atoms with Gasteiger partial charge in [0.2, 0.25) is 5.95 Å². The summed E-state index contributed by atoms with van der Waals surface area (Å²) < 4.78 is 39.9. The third-order valence-electron chi connectivity index (χ3n) is 6.17. The van der Waals surface area contributed by atoms with E-state index in [1.807, 2.05) is 4.90 Å². The van der Waals surface area contributed by atoms with Gasteiger partial charge in [-0.2, -0.15) is 13.2 Å². The van der Waals surface area contributed by atoms with Gasteiger partial charge in [0.25, 0.3) is 11.5 Å². The van der Waals surface area contributed by atoms with E-state index in [2.05, 4.69) is 15.0 Å². The minimum absolute atomic E-state index is 0.0489. The average Bonchev–Trinajstić information content (AvgIpc) is 3.41. The number of aromatic nitrogens is 4. The van der Waals surface area contributed by atoms with Crippen LogP contribution in [0.2, 0.25) is 0 Å². The van der Waals surface area contributed by atoms with E-state index in [0.717, 1.165) is 12.1 Å². The van der Waals surface area contributed by atoms with E-state index in [-0.39, 0.29) is 29.1 Å². The molecule has 0 radical (unpaired) electrons. The van der Waals surface area contributed by atoms with E-state index in [1.54, 1.807) is 24.2 Å². The topological polar surface area (TPSA) is 84.2 Å². The molecule has 1 amide bonds. The lowest BCUT2D eigenvalue weighted by Gasteiger charge is -2.35. The zero-order valence-corrected chi connectivity index (χ0v) is 17.5. The zero-order chi connectivity index (χ0) is 23.3. The first-order valence-electron chi connectivity index (χ1n) is 10.3. The second-order valence-corrected chi connectivity index (χ2v) is 8.16. The lowest BCUT2D eigenvalue weighted by molar-refractivity contribution is -0.137. The highest BCUT2D eigenvalue weighted by Crippen LogP contribution is 2.35. The van der Waals surface area contributed by atoms with E-state index >= 15 is 0 Å². The van der Waals surface area contributed by atoms with Crippen molar-refractivity contribution in [3.63, 3.8) is 0 Å². The first-order valence-corrected chi connectivity index (χ1v) is 10.3.